The minimum atomic E-state index is -4.98. The number of aliphatic hydroxyl groups is 1. The summed E-state index contributed by atoms with van der Waals surface area (Å²) >= 11 is 0. The van der Waals surface area contributed by atoms with Crippen molar-refractivity contribution >= 4 is 11.8 Å². The van der Waals surface area contributed by atoms with Gasteiger partial charge in [0.2, 0.25) is 11.5 Å². The molecule has 7 nitrogen and oxygen atoms in total. The number of hydrogen-bond donors (Lipinski definition) is 3. The van der Waals surface area contributed by atoms with Crippen LogP contribution < -0.4 is 10.6 Å². The van der Waals surface area contributed by atoms with Gasteiger partial charge in [-0.15, -0.1) is 0 Å². The molecule has 0 spiro atoms. The van der Waals surface area contributed by atoms with Crippen LogP contribution in [0.1, 0.15) is 33.7 Å². The van der Waals surface area contributed by atoms with Crippen LogP contribution in [-0.2, 0) is 17.4 Å². The van der Waals surface area contributed by atoms with Gasteiger partial charge in [-0.3, -0.25) is 9.59 Å². The summed E-state index contributed by atoms with van der Waals surface area (Å²) in [7, 11) is 1.33. The van der Waals surface area contributed by atoms with Gasteiger partial charge >= 0.3 is 6.18 Å². The minimum absolute atomic E-state index is 0.377. The summed E-state index contributed by atoms with van der Waals surface area (Å²) in [6, 6.07) is 5.07. The molecule has 2 amide bonds. The van der Waals surface area contributed by atoms with Gasteiger partial charge in [0, 0.05) is 38.0 Å². The van der Waals surface area contributed by atoms with Crippen LogP contribution in [0, 0.1) is 13.8 Å². The molecule has 2 aromatic rings. The molecule has 0 fully saturated rings. The maximum Gasteiger partial charge on any atom is 0.424 e. The summed E-state index contributed by atoms with van der Waals surface area (Å²) in [5, 5.41) is 14.9. The number of rotatable bonds is 7. The summed E-state index contributed by atoms with van der Waals surface area (Å²) in [5.41, 5.74) is -0.893. The normalized spacial score (nSPS) is 13.6. The highest BCUT2D eigenvalue weighted by Gasteiger charge is 2.57. The Morgan fingerprint density at radius 3 is 2.41 bits per heavy atom. The molecule has 1 heterocycles. The molecule has 1 unspecified atom stereocenters. The molecule has 0 saturated carbocycles. The molecule has 0 radical (unpaired) electrons. The molecule has 10 heteroatoms. The van der Waals surface area contributed by atoms with Crippen LogP contribution in [0.25, 0.3) is 0 Å². The molecule has 1 atom stereocenters. The first-order chi connectivity index (χ1) is 13.5. The Labute approximate surface area is 165 Å². The summed E-state index contributed by atoms with van der Waals surface area (Å²) in [6.07, 6.45) is -3.37. The topological polar surface area (TPSA) is 96.2 Å². The van der Waals surface area contributed by atoms with Gasteiger partial charge in [-0.05, 0) is 37.1 Å². The number of carbonyl (C=O) groups is 2. The average molecular weight is 412 g/mol. The second-order valence-corrected chi connectivity index (χ2v) is 6.80. The maximum absolute atomic E-state index is 13.4. The Balaban J connectivity index is 1.90. The zero-order chi connectivity index (χ0) is 21.8. The molecule has 0 saturated heterocycles. The lowest BCUT2D eigenvalue weighted by molar-refractivity contribution is -0.272. The SMILES string of the molecule is Cc1ccc(C(=O)NCC(=O)NCCC(O)(c2nccn2C)C(F)(F)F)cc1C. The third kappa shape index (κ3) is 5.14. The molecular formula is C19H23F3N4O3. The first kappa shape index (κ1) is 22.4. The third-order valence-corrected chi connectivity index (χ3v) is 4.65. The van der Waals surface area contributed by atoms with Gasteiger partial charge in [-0.2, -0.15) is 13.2 Å². The predicted octanol–water partition coefficient (Wildman–Crippen LogP) is 1.72. The lowest BCUT2D eigenvalue weighted by atomic mass is 9.97. The van der Waals surface area contributed by atoms with E-state index in [2.05, 4.69) is 15.6 Å². The van der Waals surface area contributed by atoms with Crippen LogP contribution in [0.5, 0.6) is 0 Å². The summed E-state index contributed by atoms with van der Waals surface area (Å²) in [6.45, 7) is 2.89. The molecule has 29 heavy (non-hydrogen) atoms. The number of imidazole rings is 1. The predicted molar refractivity (Wildman–Crippen MR) is 99.0 cm³/mol. The lowest BCUT2D eigenvalue weighted by Gasteiger charge is -2.29. The maximum atomic E-state index is 13.4. The van der Waals surface area contributed by atoms with Crippen LogP contribution in [-0.4, -0.2) is 45.7 Å². The smallest absolute Gasteiger partial charge is 0.374 e. The van der Waals surface area contributed by atoms with Crippen molar-refractivity contribution in [2.45, 2.75) is 32.0 Å². The van der Waals surface area contributed by atoms with Crippen LogP contribution in [0.3, 0.4) is 0 Å². The van der Waals surface area contributed by atoms with E-state index in [4.69, 9.17) is 0 Å². The van der Waals surface area contributed by atoms with E-state index in [-0.39, 0.29) is 0 Å². The number of carbonyl (C=O) groups excluding carboxylic acids is 2. The summed E-state index contributed by atoms with van der Waals surface area (Å²) in [5.74, 6) is -1.71. The largest absolute Gasteiger partial charge is 0.424 e. The van der Waals surface area contributed by atoms with Crippen LogP contribution >= 0.6 is 0 Å². The number of amides is 2. The molecule has 158 valence electrons. The van der Waals surface area contributed by atoms with Crippen molar-refractivity contribution < 1.29 is 27.9 Å². The first-order valence-electron chi connectivity index (χ1n) is 8.85. The zero-order valence-corrected chi connectivity index (χ0v) is 16.3. The number of halogens is 3. The van der Waals surface area contributed by atoms with Crippen molar-refractivity contribution in [1.29, 1.82) is 0 Å². The second-order valence-electron chi connectivity index (χ2n) is 6.80. The van der Waals surface area contributed by atoms with Crippen molar-refractivity contribution in [3.8, 4) is 0 Å². The van der Waals surface area contributed by atoms with E-state index in [1.807, 2.05) is 13.8 Å². The van der Waals surface area contributed by atoms with Gasteiger partial charge < -0.3 is 20.3 Å². The average Bonchev–Trinajstić information content (AvgIpc) is 3.07. The van der Waals surface area contributed by atoms with Gasteiger partial charge in [0.15, 0.2) is 0 Å². The number of aryl methyl sites for hydroxylation is 3. The molecule has 3 N–H and O–H groups in total. The number of hydrogen-bond acceptors (Lipinski definition) is 4. The summed E-state index contributed by atoms with van der Waals surface area (Å²) < 4.78 is 41.3. The van der Waals surface area contributed by atoms with E-state index >= 15 is 0 Å². The molecule has 0 aliphatic heterocycles. The molecule has 0 bridgehead atoms. The lowest BCUT2D eigenvalue weighted by Crippen LogP contribution is -2.47. The van der Waals surface area contributed by atoms with E-state index in [9.17, 15) is 27.9 Å². The highest BCUT2D eigenvalue weighted by molar-refractivity contribution is 5.96. The fourth-order valence-corrected chi connectivity index (χ4v) is 2.74. The quantitative estimate of drug-likeness (QED) is 0.645. The Hall–Kier alpha value is -2.88. The number of nitrogens with one attached hydrogen (secondary N) is 2. The molecule has 0 aliphatic carbocycles. The van der Waals surface area contributed by atoms with Crippen molar-refractivity contribution in [3.05, 3.63) is 53.1 Å². The van der Waals surface area contributed by atoms with E-state index < -0.39 is 48.9 Å². The van der Waals surface area contributed by atoms with Crippen molar-refractivity contribution in [2.24, 2.45) is 7.05 Å². The minimum Gasteiger partial charge on any atom is -0.374 e. The number of alkyl halides is 3. The van der Waals surface area contributed by atoms with Gasteiger partial charge in [-0.1, -0.05) is 6.07 Å². The highest BCUT2D eigenvalue weighted by atomic mass is 19.4. The van der Waals surface area contributed by atoms with Crippen LogP contribution in [0.2, 0.25) is 0 Å². The van der Waals surface area contributed by atoms with Crippen molar-refractivity contribution in [3.63, 3.8) is 0 Å². The number of aromatic nitrogens is 2. The molecule has 1 aromatic heterocycles. The Kier molecular flexibility index (Phi) is 6.68. The van der Waals surface area contributed by atoms with Crippen molar-refractivity contribution in [2.75, 3.05) is 13.1 Å². The highest BCUT2D eigenvalue weighted by Crippen LogP contribution is 2.40. The summed E-state index contributed by atoms with van der Waals surface area (Å²) in [4.78, 5) is 27.5. The van der Waals surface area contributed by atoms with E-state index in [1.54, 1.807) is 18.2 Å². The van der Waals surface area contributed by atoms with Gasteiger partial charge in [0.1, 0.15) is 5.82 Å². The van der Waals surface area contributed by atoms with Gasteiger partial charge in [-0.25, -0.2) is 4.98 Å². The van der Waals surface area contributed by atoms with Crippen molar-refractivity contribution in [1.82, 2.24) is 20.2 Å². The van der Waals surface area contributed by atoms with Gasteiger partial charge in [0.05, 0.1) is 6.54 Å². The molecule has 0 aliphatic rings. The molecular weight excluding hydrogens is 389 g/mol. The Morgan fingerprint density at radius 2 is 1.86 bits per heavy atom. The number of nitrogens with zero attached hydrogens (tertiary/aromatic N) is 2. The van der Waals surface area contributed by atoms with E-state index in [0.29, 0.717) is 5.56 Å². The monoisotopic (exact) mass is 412 g/mol. The fourth-order valence-electron chi connectivity index (χ4n) is 2.74. The first-order valence-corrected chi connectivity index (χ1v) is 8.85. The van der Waals surface area contributed by atoms with Gasteiger partial charge in [0.25, 0.3) is 5.91 Å². The molecule has 2 rings (SSSR count). The Bertz CT molecular complexity index is 895. The second kappa shape index (κ2) is 8.64. The fraction of sp³-hybridized carbons (Fsp3) is 0.421. The standard InChI is InChI=1S/C19H23F3N4O3/c1-12-4-5-14(10-13(12)2)16(28)25-11-15(27)23-7-6-18(29,19(20,21)22)17-24-8-9-26(17)3/h4-5,8-10,29H,6-7,11H2,1-3H3,(H,23,27)(H,25,28). The van der Waals surface area contributed by atoms with Crippen LogP contribution in [0.15, 0.2) is 30.6 Å². The molecule has 1 aromatic carbocycles. The third-order valence-electron chi connectivity index (χ3n) is 4.65. The Morgan fingerprint density at radius 1 is 1.17 bits per heavy atom. The zero-order valence-electron chi connectivity index (χ0n) is 16.3. The number of benzene rings is 1. The van der Waals surface area contributed by atoms with E-state index in [0.717, 1.165) is 21.9 Å². The van der Waals surface area contributed by atoms with E-state index in [1.165, 1.54) is 13.2 Å². The van der Waals surface area contributed by atoms with Crippen LogP contribution in [0.4, 0.5) is 13.2 Å².